The standard InChI is InChI=1S/C23H25N3O3/c1-17(27)21-4-3-5-22(14-21)29-18(2)23(28)26-12-10-25(11-13-26)16-20-8-6-19(15-24)7-9-20/h3-9,14,18H,10-13,16H2,1-2H3. The summed E-state index contributed by atoms with van der Waals surface area (Å²) >= 11 is 0. The predicted molar refractivity (Wildman–Crippen MR) is 110 cm³/mol. The molecule has 2 aromatic carbocycles. The minimum absolute atomic E-state index is 0.0344. The monoisotopic (exact) mass is 391 g/mol. The van der Waals surface area contributed by atoms with Crippen molar-refractivity contribution in [1.29, 1.82) is 5.26 Å². The maximum absolute atomic E-state index is 12.7. The predicted octanol–water partition coefficient (Wildman–Crippen LogP) is 2.87. The van der Waals surface area contributed by atoms with Gasteiger partial charge in [-0.15, -0.1) is 0 Å². The van der Waals surface area contributed by atoms with E-state index in [4.69, 9.17) is 10.00 Å². The van der Waals surface area contributed by atoms with Crippen LogP contribution in [0.25, 0.3) is 0 Å². The average Bonchev–Trinajstić information content (AvgIpc) is 2.74. The van der Waals surface area contributed by atoms with Crippen LogP contribution in [0.15, 0.2) is 48.5 Å². The number of carbonyl (C=O) groups is 2. The number of hydrogen-bond donors (Lipinski definition) is 0. The smallest absolute Gasteiger partial charge is 0.263 e. The molecule has 3 rings (SSSR count). The molecule has 6 nitrogen and oxygen atoms in total. The highest BCUT2D eigenvalue weighted by Crippen LogP contribution is 2.17. The van der Waals surface area contributed by atoms with Crippen molar-refractivity contribution in [3.8, 4) is 11.8 Å². The molecule has 0 aliphatic carbocycles. The van der Waals surface area contributed by atoms with Crippen LogP contribution in [-0.4, -0.2) is 53.8 Å². The van der Waals surface area contributed by atoms with E-state index in [-0.39, 0.29) is 11.7 Å². The van der Waals surface area contributed by atoms with E-state index >= 15 is 0 Å². The number of benzene rings is 2. The number of carbonyl (C=O) groups excluding carboxylic acids is 2. The highest BCUT2D eigenvalue weighted by atomic mass is 16.5. The number of ketones is 1. The first kappa shape index (κ1) is 20.6. The minimum Gasteiger partial charge on any atom is -0.481 e. The van der Waals surface area contributed by atoms with Gasteiger partial charge in [0, 0.05) is 38.3 Å². The number of piperazine rings is 1. The quantitative estimate of drug-likeness (QED) is 0.708. The molecule has 1 atom stereocenters. The number of hydrogen-bond acceptors (Lipinski definition) is 5. The van der Waals surface area contributed by atoms with Crippen molar-refractivity contribution in [3.63, 3.8) is 0 Å². The number of rotatable bonds is 6. The Hall–Kier alpha value is -3.17. The fourth-order valence-corrected chi connectivity index (χ4v) is 3.37. The molecule has 0 spiro atoms. The van der Waals surface area contributed by atoms with Gasteiger partial charge >= 0.3 is 0 Å². The van der Waals surface area contributed by atoms with E-state index in [1.807, 2.05) is 29.2 Å². The molecule has 0 radical (unpaired) electrons. The lowest BCUT2D eigenvalue weighted by Crippen LogP contribution is -2.51. The highest BCUT2D eigenvalue weighted by Gasteiger charge is 2.26. The zero-order valence-electron chi connectivity index (χ0n) is 16.8. The minimum atomic E-state index is -0.609. The Morgan fingerprint density at radius 1 is 1.10 bits per heavy atom. The van der Waals surface area contributed by atoms with Crippen LogP contribution in [0.3, 0.4) is 0 Å². The molecule has 6 heteroatoms. The number of ether oxygens (including phenoxy) is 1. The maximum Gasteiger partial charge on any atom is 0.263 e. The maximum atomic E-state index is 12.7. The van der Waals surface area contributed by atoms with Crippen LogP contribution in [0.1, 0.15) is 35.3 Å². The summed E-state index contributed by atoms with van der Waals surface area (Å²) in [5.74, 6) is 0.446. The van der Waals surface area contributed by atoms with Gasteiger partial charge in [0.15, 0.2) is 11.9 Å². The summed E-state index contributed by atoms with van der Waals surface area (Å²) in [7, 11) is 0. The van der Waals surface area contributed by atoms with E-state index < -0.39 is 6.10 Å². The van der Waals surface area contributed by atoms with Gasteiger partial charge in [-0.1, -0.05) is 24.3 Å². The van der Waals surface area contributed by atoms with Gasteiger partial charge in [-0.25, -0.2) is 0 Å². The lowest BCUT2D eigenvalue weighted by Gasteiger charge is -2.35. The lowest BCUT2D eigenvalue weighted by atomic mass is 10.1. The molecule has 1 saturated heterocycles. The molecule has 150 valence electrons. The molecule has 29 heavy (non-hydrogen) atoms. The molecule has 0 saturated carbocycles. The number of Topliss-reactive ketones (excluding diaryl/α,β-unsaturated/α-hetero) is 1. The molecule has 0 bridgehead atoms. The summed E-state index contributed by atoms with van der Waals surface area (Å²) in [5, 5.41) is 8.88. The van der Waals surface area contributed by atoms with Crippen LogP contribution in [0.2, 0.25) is 0 Å². The van der Waals surface area contributed by atoms with E-state index in [1.54, 1.807) is 31.2 Å². The SMILES string of the molecule is CC(=O)c1cccc(OC(C)C(=O)N2CCN(Cc3ccc(C#N)cc3)CC2)c1. The molecule has 1 heterocycles. The summed E-state index contributed by atoms with van der Waals surface area (Å²) in [6.45, 7) is 6.93. The van der Waals surface area contributed by atoms with E-state index in [1.165, 1.54) is 6.92 Å². The van der Waals surface area contributed by atoms with Crippen molar-refractivity contribution in [2.24, 2.45) is 0 Å². The third-order valence-electron chi connectivity index (χ3n) is 5.07. The zero-order valence-corrected chi connectivity index (χ0v) is 16.8. The first-order chi connectivity index (χ1) is 14.0. The van der Waals surface area contributed by atoms with E-state index in [0.717, 1.165) is 25.2 Å². The molecule has 2 aromatic rings. The molecule has 1 aliphatic rings. The molecule has 1 amide bonds. The molecule has 1 aliphatic heterocycles. The fraction of sp³-hybridized carbons (Fsp3) is 0.348. The van der Waals surface area contributed by atoms with Crippen LogP contribution >= 0.6 is 0 Å². The van der Waals surface area contributed by atoms with Crippen LogP contribution in [-0.2, 0) is 11.3 Å². The summed E-state index contributed by atoms with van der Waals surface area (Å²) in [6, 6.07) is 16.6. The normalized spacial score (nSPS) is 15.4. The van der Waals surface area contributed by atoms with Gasteiger partial charge in [0.25, 0.3) is 5.91 Å². The number of nitriles is 1. The molecular weight excluding hydrogens is 366 g/mol. The summed E-state index contributed by atoms with van der Waals surface area (Å²) in [4.78, 5) is 28.4. The second-order valence-corrected chi connectivity index (χ2v) is 7.25. The van der Waals surface area contributed by atoms with Gasteiger partial charge in [-0.05, 0) is 43.7 Å². The van der Waals surface area contributed by atoms with Gasteiger partial charge in [0.1, 0.15) is 5.75 Å². The van der Waals surface area contributed by atoms with Gasteiger partial charge in [-0.2, -0.15) is 5.26 Å². The van der Waals surface area contributed by atoms with Crippen LogP contribution in [0, 0.1) is 11.3 Å². The second kappa shape index (κ2) is 9.35. The molecule has 0 N–H and O–H groups in total. The lowest BCUT2D eigenvalue weighted by molar-refractivity contribution is -0.139. The summed E-state index contributed by atoms with van der Waals surface area (Å²) in [5.41, 5.74) is 2.39. The summed E-state index contributed by atoms with van der Waals surface area (Å²) in [6.07, 6.45) is -0.609. The van der Waals surface area contributed by atoms with Crippen LogP contribution in [0.5, 0.6) is 5.75 Å². The Kier molecular flexibility index (Phi) is 6.63. The largest absolute Gasteiger partial charge is 0.481 e. The Bertz CT molecular complexity index is 910. The molecular formula is C23H25N3O3. The van der Waals surface area contributed by atoms with Crippen molar-refractivity contribution < 1.29 is 14.3 Å². The third kappa shape index (κ3) is 5.43. The van der Waals surface area contributed by atoms with Crippen LogP contribution in [0.4, 0.5) is 0 Å². The Morgan fingerprint density at radius 3 is 2.41 bits per heavy atom. The van der Waals surface area contributed by atoms with E-state index in [0.29, 0.717) is 30.0 Å². The average molecular weight is 391 g/mol. The first-order valence-corrected chi connectivity index (χ1v) is 9.74. The summed E-state index contributed by atoms with van der Waals surface area (Å²) < 4.78 is 5.78. The number of amides is 1. The fourth-order valence-electron chi connectivity index (χ4n) is 3.37. The highest BCUT2D eigenvalue weighted by molar-refractivity contribution is 5.94. The van der Waals surface area contributed by atoms with Crippen molar-refractivity contribution >= 4 is 11.7 Å². The third-order valence-corrected chi connectivity index (χ3v) is 5.07. The van der Waals surface area contributed by atoms with Gasteiger partial charge in [-0.3, -0.25) is 14.5 Å². The van der Waals surface area contributed by atoms with Crippen molar-refractivity contribution in [2.75, 3.05) is 26.2 Å². The Balaban J connectivity index is 1.50. The Labute approximate surface area is 171 Å². The topological polar surface area (TPSA) is 73.6 Å². The first-order valence-electron chi connectivity index (χ1n) is 9.74. The van der Waals surface area contributed by atoms with Gasteiger partial charge in [0.05, 0.1) is 11.6 Å². The van der Waals surface area contributed by atoms with Crippen molar-refractivity contribution in [3.05, 3.63) is 65.2 Å². The number of nitrogens with zero attached hydrogens (tertiary/aromatic N) is 3. The molecule has 1 unspecified atom stereocenters. The molecule has 1 fully saturated rings. The van der Waals surface area contributed by atoms with Gasteiger partial charge in [0.2, 0.25) is 0 Å². The molecule has 0 aromatic heterocycles. The van der Waals surface area contributed by atoms with Crippen LogP contribution < -0.4 is 4.74 Å². The zero-order chi connectivity index (χ0) is 20.8. The van der Waals surface area contributed by atoms with Crippen molar-refractivity contribution in [2.45, 2.75) is 26.5 Å². The Morgan fingerprint density at radius 2 is 1.79 bits per heavy atom. The van der Waals surface area contributed by atoms with E-state index in [2.05, 4.69) is 11.0 Å². The van der Waals surface area contributed by atoms with E-state index in [9.17, 15) is 9.59 Å². The van der Waals surface area contributed by atoms with Gasteiger partial charge < -0.3 is 9.64 Å². The second-order valence-electron chi connectivity index (χ2n) is 7.25. The van der Waals surface area contributed by atoms with Crippen molar-refractivity contribution in [1.82, 2.24) is 9.80 Å².